The van der Waals surface area contributed by atoms with Crippen LogP contribution >= 0.6 is 23.2 Å². The number of carbonyl (C=O) groups is 1. The number of ether oxygens (including phenoxy) is 1. The lowest BCUT2D eigenvalue weighted by molar-refractivity contribution is -0.136. The Morgan fingerprint density at radius 3 is 2.91 bits per heavy atom. The predicted octanol–water partition coefficient (Wildman–Crippen LogP) is 3.39. The number of carbonyl (C=O) groups excluding carboxylic acids is 1. The molecule has 3 heterocycles. The van der Waals surface area contributed by atoms with Crippen LogP contribution in [0.4, 0.5) is 5.82 Å². The Morgan fingerprint density at radius 1 is 1.32 bits per heavy atom. The molecule has 0 saturated carbocycles. The molecule has 2 N–H and O–H groups in total. The summed E-state index contributed by atoms with van der Waals surface area (Å²) in [5.41, 5.74) is 4.06. The summed E-state index contributed by atoms with van der Waals surface area (Å²) in [6, 6.07) is 5.39. The fourth-order valence-corrected chi connectivity index (χ4v) is 3.32. The molecule has 2 aliphatic rings. The molecule has 0 radical (unpaired) electrons. The Labute approximate surface area is 136 Å². The highest BCUT2D eigenvalue weighted by Crippen LogP contribution is 2.45. The first-order valence-corrected chi connectivity index (χ1v) is 7.49. The number of fused-ring (bicyclic) bond motifs is 1. The molecule has 0 bridgehead atoms. The molecule has 112 valence electrons. The number of hydrogen-bond acceptors (Lipinski definition) is 4. The molecule has 1 aromatic carbocycles. The first-order chi connectivity index (χ1) is 10.6. The highest BCUT2D eigenvalue weighted by Gasteiger charge is 2.40. The predicted molar refractivity (Wildman–Crippen MR) is 83.2 cm³/mol. The Hall–Kier alpha value is -1.98. The zero-order valence-electron chi connectivity index (χ0n) is 11.5. The molecule has 0 fully saturated rings. The van der Waals surface area contributed by atoms with Crippen molar-refractivity contribution in [2.24, 2.45) is 0 Å². The Bertz CT molecular complexity index is 841. The van der Waals surface area contributed by atoms with E-state index < -0.39 is 0 Å². The maximum absolute atomic E-state index is 12.2. The summed E-state index contributed by atoms with van der Waals surface area (Å²) in [6.45, 7) is 2.15. The van der Waals surface area contributed by atoms with E-state index in [1.807, 2.05) is 13.0 Å². The minimum atomic E-state index is -0.315. The zero-order valence-corrected chi connectivity index (χ0v) is 13.0. The van der Waals surface area contributed by atoms with Gasteiger partial charge < -0.3 is 10.1 Å². The number of esters is 1. The Morgan fingerprint density at radius 2 is 2.14 bits per heavy atom. The summed E-state index contributed by atoms with van der Waals surface area (Å²) in [7, 11) is 0. The van der Waals surface area contributed by atoms with Crippen LogP contribution in [0, 0.1) is 6.92 Å². The van der Waals surface area contributed by atoms with Gasteiger partial charge in [-0.2, -0.15) is 5.10 Å². The van der Waals surface area contributed by atoms with E-state index in [9.17, 15) is 4.79 Å². The second-order valence-corrected chi connectivity index (χ2v) is 6.13. The van der Waals surface area contributed by atoms with Gasteiger partial charge in [0.15, 0.2) is 5.82 Å². The van der Waals surface area contributed by atoms with Gasteiger partial charge in [-0.3, -0.25) is 5.10 Å². The topological polar surface area (TPSA) is 67.0 Å². The van der Waals surface area contributed by atoms with Crippen LogP contribution in [-0.2, 0) is 9.53 Å². The van der Waals surface area contributed by atoms with E-state index in [2.05, 4.69) is 15.5 Å². The van der Waals surface area contributed by atoms with Crippen LogP contribution < -0.4 is 5.32 Å². The van der Waals surface area contributed by atoms with Crippen LogP contribution in [0.15, 0.2) is 29.5 Å². The van der Waals surface area contributed by atoms with Crippen LogP contribution in [0.1, 0.15) is 22.7 Å². The molecule has 1 aromatic heterocycles. The van der Waals surface area contributed by atoms with E-state index in [1.165, 1.54) is 0 Å². The van der Waals surface area contributed by atoms with Crippen molar-refractivity contribution >= 4 is 35.0 Å². The zero-order chi connectivity index (χ0) is 15.4. The average molecular weight is 336 g/mol. The normalized spacial score (nSPS) is 19.6. The lowest BCUT2D eigenvalue weighted by Gasteiger charge is -2.24. The van der Waals surface area contributed by atoms with Crippen molar-refractivity contribution in [3.8, 4) is 0 Å². The standard InChI is InChI=1S/C15H11Cl2N3O2/c1-6-11-12(7-2-3-8(16)9(17)4-7)13-10(5-22-15(13)21)18-14(11)20-19-6/h2-4,12H,5H2,1H3,(H2,18,19,20)/t12-/m1/s1. The van der Waals surface area contributed by atoms with E-state index in [4.69, 9.17) is 27.9 Å². The van der Waals surface area contributed by atoms with E-state index in [1.54, 1.807) is 12.1 Å². The van der Waals surface area contributed by atoms with Gasteiger partial charge in [0.05, 0.1) is 21.3 Å². The number of aromatic nitrogens is 2. The quantitative estimate of drug-likeness (QED) is 0.784. The number of halogens is 2. The third-order valence-electron chi connectivity index (χ3n) is 4.01. The van der Waals surface area contributed by atoms with Gasteiger partial charge in [0, 0.05) is 17.2 Å². The Kier molecular flexibility index (Phi) is 2.96. The summed E-state index contributed by atoms with van der Waals surface area (Å²) < 4.78 is 5.17. The third-order valence-corrected chi connectivity index (χ3v) is 4.75. The molecule has 0 spiro atoms. The molecule has 4 rings (SSSR count). The first-order valence-electron chi connectivity index (χ1n) is 6.73. The van der Waals surface area contributed by atoms with Gasteiger partial charge in [-0.15, -0.1) is 0 Å². The molecule has 1 atom stereocenters. The first kappa shape index (κ1) is 13.7. The van der Waals surface area contributed by atoms with Crippen molar-refractivity contribution < 1.29 is 9.53 Å². The average Bonchev–Trinajstić information content (AvgIpc) is 3.05. The molecule has 0 aliphatic carbocycles. The number of aryl methyl sites for hydroxylation is 1. The Balaban J connectivity index is 1.95. The van der Waals surface area contributed by atoms with E-state index in [-0.39, 0.29) is 18.5 Å². The number of cyclic esters (lactones) is 1. The molecule has 7 heteroatoms. The summed E-state index contributed by atoms with van der Waals surface area (Å²) in [6.07, 6.45) is 0. The number of aromatic amines is 1. The van der Waals surface area contributed by atoms with Gasteiger partial charge in [-0.25, -0.2) is 4.79 Å². The number of anilines is 1. The number of hydrogen-bond donors (Lipinski definition) is 2. The molecule has 0 saturated heterocycles. The van der Waals surface area contributed by atoms with Crippen molar-refractivity contribution in [2.75, 3.05) is 11.9 Å². The minimum absolute atomic E-state index is 0.233. The number of nitrogens with one attached hydrogen (secondary N) is 2. The van der Waals surface area contributed by atoms with Gasteiger partial charge in [0.1, 0.15) is 6.61 Å². The third kappa shape index (κ3) is 1.86. The van der Waals surface area contributed by atoms with Gasteiger partial charge in [0.2, 0.25) is 0 Å². The monoisotopic (exact) mass is 335 g/mol. The maximum atomic E-state index is 12.2. The molecule has 22 heavy (non-hydrogen) atoms. The van der Waals surface area contributed by atoms with Crippen molar-refractivity contribution in [3.05, 3.63) is 56.3 Å². The van der Waals surface area contributed by atoms with Crippen LogP contribution in [0.3, 0.4) is 0 Å². The fourth-order valence-electron chi connectivity index (χ4n) is 3.01. The summed E-state index contributed by atoms with van der Waals surface area (Å²) in [5, 5.41) is 11.3. The summed E-state index contributed by atoms with van der Waals surface area (Å²) in [5.74, 6) is 0.130. The van der Waals surface area contributed by atoms with Crippen LogP contribution in [0.25, 0.3) is 0 Å². The van der Waals surface area contributed by atoms with Crippen molar-refractivity contribution in [1.82, 2.24) is 10.2 Å². The SMILES string of the molecule is Cc1[nH]nc2c1[C@@H](c1ccc(Cl)c(Cl)c1)C1=C(COC1=O)N2. The minimum Gasteiger partial charge on any atom is -0.456 e. The van der Waals surface area contributed by atoms with E-state index >= 15 is 0 Å². The van der Waals surface area contributed by atoms with Crippen molar-refractivity contribution in [2.45, 2.75) is 12.8 Å². The molecule has 2 aliphatic heterocycles. The summed E-state index contributed by atoms with van der Waals surface area (Å²) in [4.78, 5) is 12.2. The summed E-state index contributed by atoms with van der Waals surface area (Å²) >= 11 is 12.2. The molecule has 0 amide bonds. The number of benzene rings is 1. The van der Waals surface area contributed by atoms with Crippen LogP contribution in [0.2, 0.25) is 10.0 Å². The lowest BCUT2D eigenvalue weighted by atomic mass is 9.82. The molecule has 0 unspecified atom stereocenters. The largest absolute Gasteiger partial charge is 0.456 e. The van der Waals surface area contributed by atoms with Gasteiger partial charge in [0.25, 0.3) is 0 Å². The van der Waals surface area contributed by atoms with Crippen LogP contribution in [0.5, 0.6) is 0 Å². The molecule has 2 aromatic rings. The number of H-pyrrole nitrogens is 1. The van der Waals surface area contributed by atoms with E-state index in [0.29, 0.717) is 21.4 Å². The van der Waals surface area contributed by atoms with Gasteiger partial charge in [-0.05, 0) is 24.6 Å². The van der Waals surface area contributed by atoms with Crippen molar-refractivity contribution in [3.63, 3.8) is 0 Å². The highest BCUT2D eigenvalue weighted by molar-refractivity contribution is 6.42. The number of nitrogens with zero attached hydrogens (tertiary/aromatic N) is 1. The molecule has 5 nitrogen and oxygen atoms in total. The van der Waals surface area contributed by atoms with Crippen molar-refractivity contribution in [1.29, 1.82) is 0 Å². The van der Waals surface area contributed by atoms with E-state index in [0.717, 1.165) is 22.5 Å². The lowest BCUT2D eigenvalue weighted by Crippen LogP contribution is -2.19. The van der Waals surface area contributed by atoms with Crippen LogP contribution in [-0.4, -0.2) is 22.8 Å². The fraction of sp³-hybridized carbons (Fsp3) is 0.200. The number of rotatable bonds is 1. The van der Waals surface area contributed by atoms with Gasteiger partial charge >= 0.3 is 5.97 Å². The maximum Gasteiger partial charge on any atom is 0.337 e. The molecular weight excluding hydrogens is 325 g/mol. The second kappa shape index (κ2) is 4.76. The highest BCUT2D eigenvalue weighted by atomic mass is 35.5. The smallest absolute Gasteiger partial charge is 0.337 e. The second-order valence-electron chi connectivity index (χ2n) is 5.31. The van der Waals surface area contributed by atoms with Gasteiger partial charge in [-0.1, -0.05) is 29.3 Å². The molecular formula is C15H11Cl2N3O2.